The van der Waals surface area contributed by atoms with Gasteiger partial charge in [-0.2, -0.15) is 0 Å². The first-order valence-corrected chi connectivity index (χ1v) is 6.15. The van der Waals surface area contributed by atoms with Crippen molar-refractivity contribution in [1.29, 1.82) is 0 Å². The Balaban J connectivity index is 2.28. The highest BCUT2D eigenvalue weighted by atomic mass is 19.1. The first-order valence-electron chi connectivity index (χ1n) is 6.15. The summed E-state index contributed by atoms with van der Waals surface area (Å²) in [5, 5.41) is 10.5. The molecular weight excluding hydrogens is 219 g/mol. The molecule has 0 saturated heterocycles. The molecule has 3 heteroatoms. The molecule has 1 fully saturated rings. The number of hydrogen-bond acceptors (Lipinski definition) is 2. The molecule has 2 unspecified atom stereocenters. The molecule has 1 saturated carbocycles. The van der Waals surface area contributed by atoms with Crippen LogP contribution in [0.2, 0.25) is 0 Å². The summed E-state index contributed by atoms with van der Waals surface area (Å²) in [5.41, 5.74) is -0.578. The van der Waals surface area contributed by atoms with Gasteiger partial charge < -0.3 is 9.84 Å². The second kappa shape index (κ2) is 4.65. The first kappa shape index (κ1) is 12.4. The molecule has 2 atom stereocenters. The zero-order chi connectivity index (χ0) is 12.5. The zero-order valence-corrected chi connectivity index (χ0v) is 10.4. The minimum Gasteiger partial charge on any atom is -0.497 e. The van der Waals surface area contributed by atoms with Gasteiger partial charge in [-0.05, 0) is 37.3 Å². The van der Waals surface area contributed by atoms with Crippen LogP contribution in [0.3, 0.4) is 0 Å². The molecule has 2 rings (SSSR count). The van der Waals surface area contributed by atoms with Crippen LogP contribution in [-0.2, 0) is 5.60 Å². The fraction of sp³-hybridized carbons (Fsp3) is 0.571. The van der Waals surface area contributed by atoms with Crippen LogP contribution in [0.25, 0.3) is 0 Å². The van der Waals surface area contributed by atoms with Gasteiger partial charge in [0.05, 0.1) is 12.7 Å². The average Bonchev–Trinajstić information content (AvgIpc) is 2.71. The Morgan fingerprint density at radius 1 is 1.53 bits per heavy atom. The minimum atomic E-state index is -0.989. The average molecular weight is 238 g/mol. The highest BCUT2D eigenvalue weighted by Crippen LogP contribution is 2.44. The molecule has 1 aromatic carbocycles. The largest absolute Gasteiger partial charge is 0.497 e. The van der Waals surface area contributed by atoms with Gasteiger partial charge >= 0.3 is 0 Å². The molecular formula is C14H19FO2. The normalized spacial score (nSPS) is 28.4. The van der Waals surface area contributed by atoms with Crippen molar-refractivity contribution >= 4 is 0 Å². The van der Waals surface area contributed by atoms with Gasteiger partial charge in [-0.15, -0.1) is 0 Å². The van der Waals surface area contributed by atoms with E-state index in [0.29, 0.717) is 30.1 Å². The van der Waals surface area contributed by atoms with Crippen LogP contribution >= 0.6 is 0 Å². The summed E-state index contributed by atoms with van der Waals surface area (Å²) in [6, 6.07) is 4.69. The predicted octanol–water partition coefficient (Wildman–Crippen LogP) is 3.23. The van der Waals surface area contributed by atoms with Gasteiger partial charge in [-0.1, -0.05) is 13.3 Å². The lowest BCUT2D eigenvalue weighted by molar-refractivity contribution is 0.0361. The molecule has 0 radical (unpaired) electrons. The molecule has 1 aromatic rings. The Labute approximate surface area is 101 Å². The summed E-state index contributed by atoms with van der Waals surface area (Å²) >= 11 is 0. The number of ether oxygens (including phenoxy) is 1. The summed E-state index contributed by atoms with van der Waals surface area (Å²) in [6.45, 7) is 2.11. The van der Waals surface area contributed by atoms with Gasteiger partial charge in [-0.25, -0.2) is 4.39 Å². The molecule has 2 nitrogen and oxygen atoms in total. The number of benzene rings is 1. The number of rotatable bonds is 3. The molecule has 1 N–H and O–H groups in total. The molecule has 0 aromatic heterocycles. The Morgan fingerprint density at radius 3 is 2.82 bits per heavy atom. The lowest BCUT2D eigenvalue weighted by Crippen LogP contribution is -2.23. The van der Waals surface area contributed by atoms with Crippen LogP contribution in [0.15, 0.2) is 18.2 Å². The van der Waals surface area contributed by atoms with E-state index in [1.165, 1.54) is 13.2 Å². The predicted molar refractivity (Wildman–Crippen MR) is 64.5 cm³/mol. The third kappa shape index (κ3) is 2.29. The van der Waals surface area contributed by atoms with Crippen molar-refractivity contribution in [3.8, 4) is 5.75 Å². The minimum absolute atomic E-state index is 0.372. The fourth-order valence-corrected chi connectivity index (χ4v) is 2.72. The first-order chi connectivity index (χ1) is 8.09. The van der Waals surface area contributed by atoms with Crippen molar-refractivity contribution in [3.63, 3.8) is 0 Å². The second-order valence-electron chi connectivity index (χ2n) is 4.89. The van der Waals surface area contributed by atoms with E-state index in [-0.39, 0.29) is 5.82 Å². The fourth-order valence-electron chi connectivity index (χ4n) is 2.72. The van der Waals surface area contributed by atoms with Crippen molar-refractivity contribution in [2.24, 2.45) is 5.92 Å². The van der Waals surface area contributed by atoms with E-state index in [9.17, 15) is 9.50 Å². The topological polar surface area (TPSA) is 29.5 Å². The maximum Gasteiger partial charge on any atom is 0.132 e. The smallest absolute Gasteiger partial charge is 0.132 e. The summed E-state index contributed by atoms with van der Waals surface area (Å²) < 4.78 is 18.9. The van der Waals surface area contributed by atoms with E-state index in [4.69, 9.17) is 4.74 Å². The van der Waals surface area contributed by atoms with E-state index in [2.05, 4.69) is 6.92 Å². The summed E-state index contributed by atoms with van der Waals surface area (Å²) in [7, 11) is 1.51. The van der Waals surface area contributed by atoms with Crippen LogP contribution in [0.5, 0.6) is 5.75 Å². The van der Waals surface area contributed by atoms with Crippen LogP contribution in [-0.4, -0.2) is 12.2 Å². The van der Waals surface area contributed by atoms with Gasteiger partial charge in [0.1, 0.15) is 11.6 Å². The van der Waals surface area contributed by atoms with E-state index in [0.717, 1.165) is 12.8 Å². The van der Waals surface area contributed by atoms with Crippen molar-refractivity contribution in [2.45, 2.75) is 38.2 Å². The van der Waals surface area contributed by atoms with Gasteiger partial charge in [0.25, 0.3) is 0 Å². The lowest BCUT2D eigenvalue weighted by atomic mass is 9.90. The van der Waals surface area contributed by atoms with E-state index in [1.54, 1.807) is 12.1 Å². The van der Waals surface area contributed by atoms with Gasteiger partial charge in [0, 0.05) is 11.6 Å². The van der Waals surface area contributed by atoms with Crippen LogP contribution in [0, 0.1) is 11.7 Å². The molecule has 0 aliphatic heterocycles. The highest BCUT2D eigenvalue weighted by molar-refractivity contribution is 5.33. The van der Waals surface area contributed by atoms with E-state index >= 15 is 0 Å². The summed E-state index contributed by atoms with van der Waals surface area (Å²) in [5.74, 6) is 0.616. The Morgan fingerprint density at radius 2 is 2.29 bits per heavy atom. The number of methoxy groups -OCH3 is 1. The van der Waals surface area contributed by atoms with Crippen molar-refractivity contribution < 1.29 is 14.2 Å². The van der Waals surface area contributed by atoms with Crippen molar-refractivity contribution in [2.75, 3.05) is 7.11 Å². The molecule has 17 heavy (non-hydrogen) atoms. The molecule has 0 amide bonds. The quantitative estimate of drug-likeness (QED) is 0.876. The molecule has 1 aliphatic rings. The van der Waals surface area contributed by atoms with E-state index < -0.39 is 5.60 Å². The van der Waals surface area contributed by atoms with E-state index in [1.807, 2.05) is 0 Å². The third-order valence-electron chi connectivity index (χ3n) is 3.85. The standard InChI is InChI=1S/C14H19FO2/c1-3-10-6-7-14(16,9-10)12-5-4-11(17-2)8-13(12)15/h4-5,8,10,16H,3,6-7,9H2,1-2H3. The van der Waals surface area contributed by atoms with Crippen LogP contribution in [0.4, 0.5) is 4.39 Å². The Hall–Kier alpha value is -1.09. The molecule has 94 valence electrons. The Kier molecular flexibility index (Phi) is 3.38. The Bertz CT molecular complexity index is 405. The zero-order valence-electron chi connectivity index (χ0n) is 10.4. The maximum absolute atomic E-state index is 13.9. The number of hydrogen-bond donors (Lipinski definition) is 1. The van der Waals surface area contributed by atoms with Crippen LogP contribution < -0.4 is 4.74 Å². The summed E-state index contributed by atoms with van der Waals surface area (Å²) in [4.78, 5) is 0. The van der Waals surface area contributed by atoms with Crippen molar-refractivity contribution in [1.82, 2.24) is 0 Å². The lowest BCUT2D eigenvalue weighted by Gasteiger charge is -2.24. The highest BCUT2D eigenvalue weighted by Gasteiger charge is 2.39. The molecule has 0 heterocycles. The number of aliphatic hydroxyl groups is 1. The molecule has 0 spiro atoms. The monoisotopic (exact) mass is 238 g/mol. The van der Waals surface area contributed by atoms with Gasteiger partial charge in [0.15, 0.2) is 0 Å². The summed E-state index contributed by atoms with van der Waals surface area (Å²) in [6.07, 6.45) is 3.32. The number of halogens is 1. The molecule has 0 bridgehead atoms. The SMILES string of the molecule is CCC1CCC(O)(c2ccc(OC)cc2F)C1. The second-order valence-corrected chi connectivity index (χ2v) is 4.89. The molecule has 1 aliphatic carbocycles. The van der Waals surface area contributed by atoms with Gasteiger partial charge in [-0.3, -0.25) is 0 Å². The van der Waals surface area contributed by atoms with Crippen molar-refractivity contribution in [3.05, 3.63) is 29.6 Å². The van der Waals surface area contributed by atoms with Crippen LogP contribution in [0.1, 0.15) is 38.2 Å². The maximum atomic E-state index is 13.9. The third-order valence-corrected chi connectivity index (χ3v) is 3.85. The van der Waals surface area contributed by atoms with Gasteiger partial charge in [0.2, 0.25) is 0 Å².